The van der Waals surface area contributed by atoms with E-state index in [4.69, 9.17) is 4.42 Å². The minimum atomic E-state index is -0.430. The van der Waals surface area contributed by atoms with E-state index in [0.717, 1.165) is 31.6 Å². The van der Waals surface area contributed by atoms with E-state index < -0.39 is 4.92 Å². The first-order valence-electron chi connectivity index (χ1n) is 6.78. The normalized spacial score (nSPS) is 14.4. The number of anilines is 1. The van der Waals surface area contributed by atoms with E-state index >= 15 is 0 Å². The lowest BCUT2D eigenvalue weighted by atomic mass is 10.1. The summed E-state index contributed by atoms with van der Waals surface area (Å²) < 4.78 is 5.44. The average Bonchev–Trinajstić information content (AvgIpc) is 3.18. The Morgan fingerprint density at radius 1 is 1.19 bits per heavy atom. The van der Waals surface area contributed by atoms with Crippen LogP contribution in [0.1, 0.15) is 23.4 Å². The first-order valence-corrected chi connectivity index (χ1v) is 6.78. The van der Waals surface area contributed by atoms with E-state index in [1.165, 1.54) is 12.1 Å². The number of nitro groups is 1. The zero-order chi connectivity index (χ0) is 14.8. The number of carbonyl (C=O) groups excluding carboxylic acids is 1. The molecule has 1 fully saturated rings. The molecule has 6 heteroatoms. The van der Waals surface area contributed by atoms with Crippen LogP contribution in [0.5, 0.6) is 0 Å². The molecule has 0 atom stereocenters. The van der Waals surface area contributed by atoms with Crippen LogP contribution in [0, 0.1) is 10.1 Å². The van der Waals surface area contributed by atoms with Crippen LogP contribution in [-0.2, 0) is 0 Å². The maximum atomic E-state index is 11.0. The second-order valence-electron chi connectivity index (χ2n) is 4.97. The van der Waals surface area contributed by atoms with Gasteiger partial charge in [0.2, 0.25) is 0 Å². The summed E-state index contributed by atoms with van der Waals surface area (Å²) in [6.45, 7) is 1.85. The molecule has 1 aliphatic heterocycles. The maximum Gasteiger partial charge on any atom is 0.270 e. The van der Waals surface area contributed by atoms with Crippen molar-refractivity contribution in [3.63, 3.8) is 0 Å². The molecule has 0 radical (unpaired) electrons. The van der Waals surface area contributed by atoms with Crippen molar-refractivity contribution in [1.29, 1.82) is 0 Å². The molecule has 6 nitrogen and oxygen atoms in total. The van der Waals surface area contributed by atoms with E-state index in [1.54, 1.807) is 18.2 Å². The minimum absolute atomic E-state index is 0.0111. The number of aldehydes is 1. The van der Waals surface area contributed by atoms with Gasteiger partial charge in [-0.2, -0.15) is 0 Å². The zero-order valence-corrected chi connectivity index (χ0v) is 11.3. The third-order valence-corrected chi connectivity index (χ3v) is 3.65. The Bertz CT molecular complexity index is 687. The molecule has 0 unspecified atom stereocenters. The molecule has 1 aromatic carbocycles. The largest absolute Gasteiger partial charge is 0.453 e. The quantitative estimate of drug-likeness (QED) is 0.490. The Balaban J connectivity index is 2.10. The van der Waals surface area contributed by atoms with Gasteiger partial charge in [-0.15, -0.1) is 0 Å². The number of furan rings is 1. The summed E-state index contributed by atoms with van der Waals surface area (Å²) in [6, 6.07) is 7.99. The van der Waals surface area contributed by atoms with Crippen molar-refractivity contribution in [3.05, 3.63) is 46.2 Å². The van der Waals surface area contributed by atoms with Gasteiger partial charge in [0.1, 0.15) is 5.76 Å². The third-order valence-electron chi connectivity index (χ3n) is 3.65. The fourth-order valence-electron chi connectivity index (χ4n) is 2.63. The molecular formula is C15H14N2O4. The molecule has 1 saturated heterocycles. The number of benzene rings is 1. The summed E-state index contributed by atoms with van der Waals surface area (Å²) in [5.41, 5.74) is 1.57. The second kappa shape index (κ2) is 5.40. The van der Waals surface area contributed by atoms with Crippen LogP contribution in [0.2, 0.25) is 0 Å². The van der Waals surface area contributed by atoms with Gasteiger partial charge < -0.3 is 9.32 Å². The standard InChI is InChI=1S/C15H14N2O4/c18-10-12-4-6-15(21-12)13-9-11(17(19)20)3-5-14(13)16-7-1-2-8-16/h3-6,9-10H,1-2,7-8H2. The van der Waals surface area contributed by atoms with Gasteiger partial charge in [0.15, 0.2) is 12.0 Å². The number of nitrogens with zero attached hydrogens (tertiary/aromatic N) is 2. The highest BCUT2D eigenvalue weighted by Crippen LogP contribution is 2.36. The fraction of sp³-hybridized carbons (Fsp3) is 0.267. The van der Waals surface area contributed by atoms with Crippen molar-refractivity contribution in [2.75, 3.05) is 18.0 Å². The van der Waals surface area contributed by atoms with E-state index in [1.807, 2.05) is 0 Å². The van der Waals surface area contributed by atoms with Gasteiger partial charge in [-0.3, -0.25) is 14.9 Å². The highest BCUT2D eigenvalue weighted by molar-refractivity contribution is 5.80. The topological polar surface area (TPSA) is 76.6 Å². The SMILES string of the molecule is O=Cc1ccc(-c2cc([N+](=O)[O-])ccc2N2CCCC2)o1. The Kier molecular flexibility index (Phi) is 3.43. The second-order valence-corrected chi connectivity index (χ2v) is 4.97. The summed E-state index contributed by atoms with van der Waals surface area (Å²) in [6.07, 6.45) is 2.83. The van der Waals surface area contributed by atoms with Gasteiger partial charge in [-0.25, -0.2) is 0 Å². The maximum absolute atomic E-state index is 11.0. The molecule has 1 aliphatic rings. The van der Waals surface area contributed by atoms with E-state index in [9.17, 15) is 14.9 Å². The van der Waals surface area contributed by atoms with Crippen molar-refractivity contribution in [2.24, 2.45) is 0 Å². The lowest BCUT2D eigenvalue weighted by molar-refractivity contribution is -0.384. The van der Waals surface area contributed by atoms with Crippen LogP contribution in [0.4, 0.5) is 11.4 Å². The number of nitro benzene ring substituents is 1. The van der Waals surface area contributed by atoms with Gasteiger partial charge in [0.25, 0.3) is 5.69 Å². The number of non-ortho nitro benzene ring substituents is 1. The van der Waals surface area contributed by atoms with Crippen molar-refractivity contribution >= 4 is 17.7 Å². The lowest BCUT2D eigenvalue weighted by Crippen LogP contribution is -2.18. The van der Waals surface area contributed by atoms with Crippen LogP contribution in [-0.4, -0.2) is 24.3 Å². The van der Waals surface area contributed by atoms with E-state index in [2.05, 4.69) is 4.90 Å². The first-order chi connectivity index (χ1) is 10.2. The van der Waals surface area contributed by atoms with Gasteiger partial charge >= 0.3 is 0 Å². The number of carbonyl (C=O) groups is 1. The number of hydrogen-bond donors (Lipinski definition) is 0. The Morgan fingerprint density at radius 3 is 2.57 bits per heavy atom. The summed E-state index contributed by atoms with van der Waals surface area (Å²) in [4.78, 5) is 23.5. The van der Waals surface area contributed by atoms with Crippen molar-refractivity contribution < 1.29 is 14.1 Å². The summed E-state index contributed by atoms with van der Waals surface area (Å²) in [5, 5.41) is 11.0. The first kappa shape index (κ1) is 13.4. The number of hydrogen-bond acceptors (Lipinski definition) is 5. The smallest absolute Gasteiger partial charge is 0.270 e. The Hall–Kier alpha value is -2.63. The van der Waals surface area contributed by atoms with Crippen LogP contribution >= 0.6 is 0 Å². The minimum Gasteiger partial charge on any atom is -0.453 e. The predicted molar refractivity (Wildman–Crippen MR) is 77.6 cm³/mol. The monoisotopic (exact) mass is 286 g/mol. The molecule has 2 aromatic rings. The molecular weight excluding hydrogens is 272 g/mol. The molecule has 0 N–H and O–H groups in total. The molecule has 0 aliphatic carbocycles. The number of rotatable bonds is 4. The molecule has 0 saturated carbocycles. The Morgan fingerprint density at radius 2 is 1.95 bits per heavy atom. The van der Waals surface area contributed by atoms with Crippen LogP contribution in [0.25, 0.3) is 11.3 Å². The van der Waals surface area contributed by atoms with E-state index in [-0.39, 0.29) is 11.4 Å². The molecule has 3 rings (SSSR count). The average molecular weight is 286 g/mol. The molecule has 1 aromatic heterocycles. The van der Waals surface area contributed by atoms with Gasteiger partial charge in [0, 0.05) is 36.5 Å². The van der Waals surface area contributed by atoms with Crippen molar-refractivity contribution in [1.82, 2.24) is 0 Å². The molecule has 2 heterocycles. The molecule has 108 valence electrons. The van der Waals surface area contributed by atoms with Crippen LogP contribution in [0.15, 0.2) is 34.7 Å². The van der Waals surface area contributed by atoms with Crippen LogP contribution < -0.4 is 4.90 Å². The van der Waals surface area contributed by atoms with E-state index in [0.29, 0.717) is 17.6 Å². The molecule has 21 heavy (non-hydrogen) atoms. The molecule has 0 amide bonds. The lowest BCUT2D eigenvalue weighted by Gasteiger charge is -2.20. The highest BCUT2D eigenvalue weighted by Gasteiger charge is 2.21. The van der Waals surface area contributed by atoms with Gasteiger partial charge in [-0.1, -0.05) is 0 Å². The summed E-state index contributed by atoms with van der Waals surface area (Å²) in [5.74, 6) is 0.687. The zero-order valence-electron chi connectivity index (χ0n) is 11.3. The summed E-state index contributed by atoms with van der Waals surface area (Å²) >= 11 is 0. The summed E-state index contributed by atoms with van der Waals surface area (Å²) in [7, 11) is 0. The molecule has 0 spiro atoms. The van der Waals surface area contributed by atoms with Gasteiger partial charge in [0.05, 0.1) is 4.92 Å². The van der Waals surface area contributed by atoms with Crippen molar-refractivity contribution in [3.8, 4) is 11.3 Å². The fourth-order valence-corrected chi connectivity index (χ4v) is 2.63. The van der Waals surface area contributed by atoms with Crippen molar-refractivity contribution in [2.45, 2.75) is 12.8 Å². The molecule has 0 bridgehead atoms. The highest BCUT2D eigenvalue weighted by atomic mass is 16.6. The van der Waals surface area contributed by atoms with Gasteiger partial charge in [-0.05, 0) is 31.0 Å². The Labute approximate surface area is 121 Å². The third kappa shape index (κ3) is 2.52. The predicted octanol–water partition coefficient (Wildman–Crippen LogP) is 3.27. The van der Waals surface area contributed by atoms with Crippen LogP contribution in [0.3, 0.4) is 0 Å².